The van der Waals surface area contributed by atoms with E-state index in [0.717, 1.165) is 25.7 Å². The van der Waals surface area contributed by atoms with Gasteiger partial charge in [0.1, 0.15) is 6.04 Å². The molecule has 0 bridgehead atoms. The van der Waals surface area contributed by atoms with Crippen LogP contribution in [0.25, 0.3) is 0 Å². The Labute approximate surface area is 113 Å². The lowest BCUT2D eigenvalue weighted by Gasteiger charge is -2.36. The van der Waals surface area contributed by atoms with Crippen LogP contribution >= 0.6 is 0 Å². The minimum atomic E-state index is -0.864. The van der Waals surface area contributed by atoms with Gasteiger partial charge in [0, 0.05) is 6.54 Å². The zero-order valence-electron chi connectivity index (χ0n) is 11.5. The maximum absolute atomic E-state index is 12.2. The highest BCUT2D eigenvalue weighted by molar-refractivity contribution is 6.04. The summed E-state index contributed by atoms with van der Waals surface area (Å²) in [5, 5.41) is 10.6. The Morgan fingerprint density at radius 2 is 1.95 bits per heavy atom. The number of amides is 3. The summed E-state index contributed by atoms with van der Waals surface area (Å²) in [5.74, 6) is 0.530. The van der Waals surface area contributed by atoms with E-state index in [-0.39, 0.29) is 24.5 Å². The highest BCUT2D eigenvalue weighted by atomic mass is 16.3. The lowest BCUT2D eigenvalue weighted by atomic mass is 9.79. The van der Waals surface area contributed by atoms with Gasteiger partial charge < -0.3 is 10.0 Å². The number of rotatable bonds is 2. The monoisotopic (exact) mass is 266 g/mol. The SMILES string of the molecule is CC1CCC(O)(CN2C(=O)[C@H]3CCCN3C2=O)CC1. The lowest BCUT2D eigenvalue weighted by Crippen LogP contribution is -2.48. The minimum Gasteiger partial charge on any atom is -0.388 e. The topological polar surface area (TPSA) is 60.9 Å². The van der Waals surface area contributed by atoms with Crippen LogP contribution in [-0.2, 0) is 4.79 Å². The molecule has 0 radical (unpaired) electrons. The van der Waals surface area contributed by atoms with Gasteiger partial charge in [-0.15, -0.1) is 0 Å². The van der Waals surface area contributed by atoms with E-state index in [9.17, 15) is 14.7 Å². The Bertz CT molecular complexity index is 379. The van der Waals surface area contributed by atoms with Gasteiger partial charge in [0.15, 0.2) is 0 Å². The number of carbonyl (C=O) groups excluding carboxylic acids is 2. The molecule has 2 heterocycles. The molecule has 0 spiro atoms. The van der Waals surface area contributed by atoms with Gasteiger partial charge in [-0.3, -0.25) is 9.69 Å². The Kier molecular flexibility index (Phi) is 3.04. The number of imide groups is 1. The van der Waals surface area contributed by atoms with Crippen molar-refractivity contribution in [2.45, 2.75) is 57.1 Å². The molecule has 5 nitrogen and oxygen atoms in total. The normalized spacial score (nSPS) is 39.1. The van der Waals surface area contributed by atoms with Crippen molar-refractivity contribution < 1.29 is 14.7 Å². The van der Waals surface area contributed by atoms with Crippen LogP contribution < -0.4 is 0 Å². The number of carbonyl (C=O) groups is 2. The summed E-state index contributed by atoms with van der Waals surface area (Å²) < 4.78 is 0. The Morgan fingerprint density at radius 1 is 1.26 bits per heavy atom. The number of aliphatic hydroxyl groups is 1. The Hall–Kier alpha value is -1.10. The van der Waals surface area contributed by atoms with E-state index in [1.807, 2.05) is 0 Å². The van der Waals surface area contributed by atoms with E-state index in [0.29, 0.717) is 25.3 Å². The molecule has 1 aliphatic carbocycles. The molecule has 19 heavy (non-hydrogen) atoms. The summed E-state index contributed by atoms with van der Waals surface area (Å²) in [7, 11) is 0. The van der Waals surface area contributed by atoms with Crippen LogP contribution in [0.1, 0.15) is 45.4 Å². The van der Waals surface area contributed by atoms with Crippen molar-refractivity contribution in [3.63, 3.8) is 0 Å². The molecule has 0 aromatic rings. The predicted octanol–water partition coefficient (Wildman–Crippen LogP) is 1.35. The number of hydrogen-bond donors (Lipinski definition) is 1. The first-order valence-corrected chi connectivity index (χ1v) is 7.34. The molecular weight excluding hydrogens is 244 g/mol. The largest absolute Gasteiger partial charge is 0.388 e. The molecule has 3 fully saturated rings. The summed E-state index contributed by atoms with van der Waals surface area (Å²) in [6.45, 7) is 3.05. The molecular formula is C14H22N2O3. The van der Waals surface area contributed by atoms with Crippen LogP contribution in [0.3, 0.4) is 0 Å². The molecule has 3 aliphatic rings. The zero-order chi connectivity index (χ0) is 13.6. The van der Waals surface area contributed by atoms with Crippen molar-refractivity contribution in [2.24, 2.45) is 5.92 Å². The van der Waals surface area contributed by atoms with E-state index in [4.69, 9.17) is 0 Å². The van der Waals surface area contributed by atoms with Gasteiger partial charge in [-0.1, -0.05) is 6.92 Å². The molecule has 5 heteroatoms. The molecule has 0 unspecified atom stereocenters. The third-order valence-corrected chi connectivity index (χ3v) is 4.94. The Morgan fingerprint density at radius 3 is 2.58 bits per heavy atom. The maximum atomic E-state index is 12.2. The van der Waals surface area contributed by atoms with Gasteiger partial charge in [-0.2, -0.15) is 0 Å². The van der Waals surface area contributed by atoms with Crippen LogP contribution in [0, 0.1) is 5.92 Å². The average Bonchev–Trinajstić information content (AvgIpc) is 2.94. The van der Waals surface area contributed by atoms with E-state index in [2.05, 4.69) is 6.92 Å². The fraction of sp³-hybridized carbons (Fsp3) is 0.857. The predicted molar refractivity (Wildman–Crippen MR) is 69.4 cm³/mol. The van der Waals surface area contributed by atoms with Crippen molar-refractivity contribution >= 4 is 11.9 Å². The lowest BCUT2D eigenvalue weighted by molar-refractivity contribution is -0.131. The Balaban J connectivity index is 1.70. The standard InChI is InChI=1S/C14H22N2O3/c1-10-4-6-14(19,7-5-10)9-16-12(17)11-3-2-8-15(11)13(16)18/h10-11,19H,2-9H2,1H3/t10?,11-,14?/m1/s1. The van der Waals surface area contributed by atoms with E-state index in [1.54, 1.807) is 4.90 Å². The second kappa shape index (κ2) is 4.47. The molecule has 0 aromatic heterocycles. The van der Waals surface area contributed by atoms with Gasteiger partial charge in [-0.05, 0) is 44.4 Å². The number of urea groups is 1. The molecule has 0 aromatic carbocycles. The van der Waals surface area contributed by atoms with E-state index in [1.165, 1.54) is 4.90 Å². The van der Waals surface area contributed by atoms with E-state index < -0.39 is 5.60 Å². The van der Waals surface area contributed by atoms with Gasteiger partial charge in [0.05, 0.1) is 12.1 Å². The summed E-state index contributed by atoms with van der Waals surface area (Å²) >= 11 is 0. The molecule has 1 atom stereocenters. The molecule has 3 amide bonds. The molecule has 2 aliphatic heterocycles. The van der Waals surface area contributed by atoms with Gasteiger partial charge in [0.2, 0.25) is 0 Å². The summed E-state index contributed by atoms with van der Waals surface area (Å²) in [4.78, 5) is 27.4. The first-order chi connectivity index (χ1) is 9.00. The average molecular weight is 266 g/mol. The van der Waals surface area contributed by atoms with Crippen LogP contribution in [-0.4, -0.2) is 51.6 Å². The number of hydrogen-bond acceptors (Lipinski definition) is 3. The molecule has 106 valence electrons. The van der Waals surface area contributed by atoms with Crippen LogP contribution in [0.4, 0.5) is 4.79 Å². The third-order valence-electron chi connectivity index (χ3n) is 4.94. The van der Waals surface area contributed by atoms with E-state index >= 15 is 0 Å². The van der Waals surface area contributed by atoms with Gasteiger partial charge in [0.25, 0.3) is 5.91 Å². The number of nitrogens with zero attached hydrogens (tertiary/aromatic N) is 2. The van der Waals surface area contributed by atoms with Gasteiger partial charge >= 0.3 is 6.03 Å². The summed E-state index contributed by atoms with van der Waals surface area (Å²) in [6.07, 6.45) is 5.01. The smallest absolute Gasteiger partial charge is 0.327 e. The first kappa shape index (κ1) is 12.9. The third kappa shape index (κ3) is 2.14. The minimum absolute atomic E-state index is 0.102. The molecule has 1 N–H and O–H groups in total. The number of β-amino-alcohol motifs (C(OH)–C–C–N with tert-alkyl or cyclic N) is 1. The summed E-state index contributed by atoms with van der Waals surface area (Å²) in [5.41, 5.74) is -0.864. The van der Waals surface area contributed by atoms with Crippen LogP contribution in [0.15, 0.2) is 0 Å². The highest BCUT2D eigenvalue weighted by Gasteiger charge is 2.49. The van der Waals surface area contributed by atoms with Crippen LogP contribution in [0.5, 0.6) is 0 Å². The number of fused-ring (bicyclic) bond motifs is 1. The molecule has 2 saturated heterocycles. The van der Waals surface area contributed by atoms with Crippen molar-refractivity contribution in [2.75, 3.05) is 13.1 Å². The van der Waals surface area contributed by atoms with Crippen molar-refractivity contribution in [1.29, 1.82) is 0 Å². The first-order valence-electron chi connectivity index (χ1n) is 7.34. The van der Waals surface area contributed by atoms with Crippen molar-refractivity contribution in [3.8, 4) is 0 Å². The van der Waals surface area contributed by atoms with Gasteiger partial charge in [-0.25, -0.2) is 4.79 Å². The second-order valence-corrected chi connectivity index (χ2v) is 6.47. The fourth-order valence-electron chi connectivity index (χ4n) is 3.58. The molecule has 3 rings (SSSR count). The quantitative estimate of drug-likeness (QED) is 0.768. The maximum Gasteiger partial charge on any atom is 0.327 e. The highest BCUT2D eigenvalue weighted by Crippen LogP contribution is 2.35. The zero-order valence-corrected chi connectivity index (χ0v) is 11.5. The molecule has 1 saturated carbocycles. The summed E-state index contributed by atoms with van der Waals surface area (Å²) in [6, 6.07) is -0.446. The van der Waals surface area contributed by atoms with Crippen LogP contribution in [0.2, 0.25) is 0 Å². The van der Waals surface area contributed by atoms with Crippen molar-refractivity contribution in [1.82, 2.24) is 9.80 Å². The second-order valence-electron chi connectivity index (χ2n) is 6.47. The fourth-order valence-corrected chi connectivity index (χ4v) is 3.58. The van der Waals surface area contributed by atoms with Crippen molar-refractivity contribution in [3.05, 3.63) is 0 Å².